The fraction of sp³-hybridized carbons (Fsp3) is 0. The van der Waals surface area contributed by atoms with Crippen LogP contribution in [0.3, 0.4) is 0 Å². The molecule has 0 aromatic heterocycles. The molecule has 0 radical (unpaired) electrons. The monoisotopic (exact) mass is 134 g/mol. The number of quaternary nitrogens is 1. The molecular formula is C7H6N2O. The maximum atomic E-state index is 10.9. The Morgan fingerprint density at radius 2 is 2.10 bits per heavy atom. The van der Waals surface area contributed by atoms with Crippen LogP contribution in [-0.2, 0) is 0 Å². The van der Waals surface area contributed by atoms with Crippen LogP contribution < -0.4 is 5.06 Å². The molecule has 1 heterocycles. The minimum Gasteiger partial charge on any atom is -0.623 e. The first kappa shape index (κ1) is 5.58. The van der Waals surface area contributed by atoms with E-state index < -0.39 is 0 Å². The molecule has 0 spiro atoms. The summed E-state index contributed by atoms with van der Waals surface area (Å²) >= 11 is 0. The van der Waals surface area contributed by atoms with E-state index in [1.165, 1.54) is 6.34 Å². The van der Waals surface area contributed by atoms with E-state index in [2.05, 4.69) is 4.99 Å². The zero-order chi connectivity index (χ0) is 6.97. The van der Waals surface area contributed by atoms with Gasteiger partial charge in [0, 0.05) is 6.07 Å². The number of fused-ring (bicyclic) bond motifs is 1. The van der Waals surface area contributed by atoms with Crippen molar-refractivity contribution in [3.8, 4) is 0 Å². The highest BCUT2D eigenvalue weighted by Crippen LogP contribution is 2.21. The van der Waals surface area contributed by atoms with Gasteiger partial charge in [-0.1, -0.05) is 12.1 Å². The summed E-state index contributed by atoms with van der Waals surface area (Å²) in [5.41, 5.74) is 1.50. The van der Waals surface area contributed by atoms with Crippen LogP contribution in [0.15, 0.2) is 29.3 Å². The number of nitrogens with zero attached hydrogens (tertiary/aromatic N) is 1. The lowest BCUT2D eigenvalue weighted by atomic mass is 10.3. The maximum absolute atomic E-state index is 10.9. The topological polar surface area (TPSA) is 39.9 Å². The third-order valence-corrected chi connectivity index (χ3v) is 1.49. The Bertz CT molecular complexity index is 283. The molecule has 0 fully saturated rings. The molecular weight excluding hydrogens is 128 g/mol. The van der Waals surface area contributed by atoms with Gasteiger partial charge >= 0.3 is 0 Å². The van der Waals surface area contributed by atoms with Gasteiger partial charge in [0.2, 0.25) is 0 Å². The summed E-state index contributed by atoms with van der Waals surface area (Å²) in [5.74, 6) is 0. The van der Waals surface area contributed by atoms with Crippen molar-refractivity contribution in [3.05, 3.63) is 29.5 Å². The summed E-state index contributed by atoms with van der Waals surface area (Å²) in [6, 6.07) is 7.32. The van der Waals surface area contributed by atoms with Gasteiger partial charge in [-0.2, -0.15) is 4.99 Å². The van der Waals surface area contributed by atoms with Gasteiger partial charge in [0.15, 0.2) is 12.0 Å². The second kappa shape index (κ2) is 1.90. The minimum atomic E-state index is 0.00981. The van der Waals surface area contributed by atoms with Crippen LogP contribution in [0.1, 0.15) is 0 Å². The molecule has 10 heavy (non-hydrogen) atoms. The average Bonchev–Trinajstić information content (AvgIpc) is 2.34. The van der Waals surface area contributed by atoms with Gasteiger partial charge in [0.25, 0.3) is 0 Å². The number of nitrogens with one attached hydrogen (secondary N) is 1. The zero-order valence-corrected chi connectivity index (χ0v) is 5.24. The second-order valence-corrected chi connectivity index (χ2v) is 2.14. The Labute approximate surface area is 58.2 Å². The lowest BCUT2D eigenvalue weighted by Gasteiger charge is -2.09. The summed E-state index contributed by atoms with van der Waals surface area (Å²) in [4.78, 5) is 3.91. The summed E-state index contributed by atoms with van der Waals surface area (Å²) in [6.07, 6.45) is 1.35. The van der Waals surface area contributed by atoms with Gasteiger partial charge in [-0.25, -0.2) is 0 Å². The fourth-order valence-electron chi connectivity index (χ4n) is 0.992. The SMILES string of the molecule is [O-][NH+]1C=Nc2ccccc21. The normalized spacial score (nSPS) is 21.1. The summed E-state index contributed by atoms with van der Waals surface area (Å²) in [7, 11) is 0. The van der Waals surface area contributed by atoms with Crippen LogP contribution in [0.25, 0.3) is 0 Å². The minimum absolute atomic E-state index is 0.00981. The lowest BCUT2D eigenvalue weighted by Crippen LogP contribution is -2.99. The van der Waals surface area contributed by atoms with Gasteiger partial charge in [-0.3, -0.25) is 5.06 Å². The van der Waals surface area contributed by atoms with Crippen LogP contribution in [0.5, 0.6) is 0 Å². The molecule has 1 aliphatic rings. The average molecular weight is 134 g/mol. The predicted octanol–water partition coefficient (Wildman–Crippen LogP) is 0.374. The van der Waals surface area contributed by atoms with E-state index in [4.69, 9.17) is 0 Å². The van der Waals surface area contributed by atoms with Gasteiger partial charge in [0.05, 0.1) is 0 Å². The molecule has 1 N–H and O–H groups in total. The Morgan fingerprint density at radius 1 is 1.30 bits per heavy atom. The van der Waals surface area contributed by atoms with Crippen molar-refractivity contribution in [2.45, 2.75) is 0 Å². The zero-order valence-electron chi connectivity index (χ0n) is 5.24. The van der Waals surface area contributed by atoms with E-state index in [9.17, 15) is 5.21 Å². The Kier molecular flexibility index (Phi) is 1.06. The molecule has 1 unspecified atom stereocenters. The number of para-hydroxylation sites is 2. The number of aliphatic imine (C=N–C) groups is 1. The molecule has 50 valence electrons. The van der Waals surface area contributed by atoms with Crippen LogP contribution in [0.4, 0.5) is 11.4 Å². The van der Waals surface area contributed by atoms with Crippen molar-refractivity contribution in [2.24, 2.45) is 4.99 Å². The van der Waals surface area contributed by atoms with Crippen molar-refractivity contribution in [2.75, 3.05) is 0 Å². The highest BCUT2D eigenvalue weighted by Gasteiger charge is 2.11. The third-order valence-electron chi connectivity index (χ3n) is 1.49. The standard InChI is InChI=1S/C7H6N2O/c10-9-5-8-6-3-1-2-4-7(6)9/h1-5,9H. The molecule has 3 heteroatoms. The molecule has 1 aliphatic heterocycles. The van der Waals surface area contributed by atoms with E-state index in [0.29, 0.717) is 5.69 Å². The predicted molar refractivity (Wildman–Crippen MR) is 38.6 cm³/mol. The van der Waals surface area contributed by atoms with Gasteiger partial charge in [-0.05, 0) is 6.07 Å². The quantitative estimate of drug-likeness (QED) is 0.512. The molecule has 3 nitrogen and oxygen atoms in total. The van der Waals surface area contributed by atoms with E-state index >= 15 is 0 Å². The highest BCUT2D eigenvalue weighted by molar-refractivity contribution is 5.71. The molecule has 0 bridgehead atoms. The fourth-order valence-corrected chi connectivity index (χ4v) is 0.992. The molecule has 0 amide bonds. The van der Waals surface area contributed by atoms with Crippen LogP contribution >= 0.6 is 0 Å². The first-order chi connectivity index (χ1) is 4.88. The molecule has 1 aromatic rings. The van der Waals surface area contributed by atoms with Crippen LogP contribution in [-0.4, -0.2) is 6.34 Å². The van der Waals surface area contributed by atoms with E-state index in [-0.39, 0.29) is 5.06 Å². The van der Waals surface area contributed by atoms with Gasteiger partial charge < -0.3 is 5.21 Å². The molecule has 0 aliphatic carbocycles. The highest BCUT2D eigenvalue weighted by atomic mass is 16.5. The molecule has 2 rings (SSSR count). The molecule has 1 atom stereocenters. The lowest BCUT2D eigenvalue weighted by molar-refractivity contribution is -0.655. The first-order valence-electron chi connectivity index (χ1n) is 3.05. The van der Waals surface area contributed by atoms with Crippen LogP contribution in [0.2, 0.25) is 0 Å². The number of hydrogen-bond donors (Lipinski definition) is 1. The number of hydrogen-bond acceptors (Lipinski definition) is 2. The third kappa shape index (κ3) is 0.650. The largest absolute Gasteiger partial charge is 0.623 e. The molecule has 0 saturated heterocycles. The van der Waals surface area contributed by atoms with Gasteiger partial charge in [0.1, 0.15) is 5.69 Å². The summed E-state index contributed by atoms with van der Waals surface area (Å²) < 4.78 is 0. The van der Waals surface area contributed by atoms with Crippen molar-refractivity contribution >= 4 is 17.7 Å². The van der Waals surface area contributed by atoms with Crippen LogP contribution in [0, 0.1) is 5.21 Å². The summed E-state index contributed by atoms with van der Waals surface area (Å²) in [5, 5.41) is 10.9. The van der Waals surface area contributed by atoms with Crippen molar-refractivity contribution < 1.29 is 5.06 Å². The van der Waals surface area contributed by atoms with Gasteiger partial charge in [-0.15, -0.1) is 0 Å². The van der Waals surface area contributed by atoms with Crippen molar-refractivity contribution in [1.82, 2.24) is 0 Å². The summed E-state index contributed by atoms with van der Waals surface area (Å²) in [6.45, 7) is 0. The number of hydroxylamine groups is 1. The van der Waals surface area contributed by atoms with Crippen molar-refractivity contribution in [1.29, 1.82) is 0 Å². The first-order valence-corrected chi connectivity index (χ1v) is 3.05. The molecule has 1 aromatic carbocycles. The number of benzene rings is 1. The maximum Gasteiger partial charge on any atom is 0.194 e. The molecule has 0 saturated carbocycles. The van der Waals surface area contributed by atoms with E-state index in [1.807, 2.05) is 18.2 Å². The second-order valence-electron chi connectivity index (χ2n) is 2.14. The Balaban J connectivity index is 2.59. The Hall–Kier alpha value is -1.19. The van der Waals surface area contributed by atoms with E-state index in [1.54, 1.807) is 6.07 Å². The Morgan fingerprint density at radius 3 is 2.90 bits per heavy atom. The smallest absolute Gasteiger partial charge is 0.194 e. The van der Waals surface area contributed by atoms with Crippen molar-refractivity contribution in [3.63, 3.8) is 0 Å². The number of rotatable bonds is 0. The van der Waals surface area contributed by atoms with E-state index in [0.717, 1.165) is 5.69 Å².